The van der Waals surface area contributed by atoms with Crippen LogP contribution in [0.4, 0.5) is 0 Å². The van der Waals surface area contributed by atoms with Crippen molar-refractivity contribution >= 4 is 0 Å². The monoisotopic (exact) mass is 115 g/mol. The lowest BCUT2D eigenvalue weighted by molar-refractivity contribution is 1.43. The van der Waals surface area contributed by atoms with Gasteiger partial charge < -0.3 is 0 Å². The number of nitriles is 1. The van der Waals surface area contributed by atoms with E-state index in [4.69, 9.17) is 5.26 Å². The molecule has 0 unspecified atom stereocenters. The van der Waals surface area contributed by atoms with Crippen LogP contribution in [0.15, 0.2) is 12.1 Å². The molecule has 0 N–H and O–H groups in total. The van der Waals surface area contributed by atoms with E-state index in [0.29, 0.717) is 5.56 Å². The number of nitrogens with zero attached hydrogens (tertiary/aromatic N) is 1. The van der Waals surface area contributed by atoms with Crippen LogP contribution in [-0.4, -0.2) is 0 Å². The third kappa shape index (κ3) is 1.21. The van der Waals surface area contributed by atoms with Crippen molar-refractivity contribution in [2.45, 2.75) is 6.92 Å². The highest BCUT2D eigenvalue weighted by Crippen LogP contribution is 1.95. The van der Waals surface area contributed by atoms with Gasteiger partial charge in [0.25, 0.3) is 0 Å². The summed E-state index contributed by atoms with van der Waals surface area (Å²) in [5, 5.41) is 8.38. The van der Waals surface area contributed by atoms with Crippen LogP contribution in [0, 0.1) is 30.4 Å². The highest BCUT2D eigenvalue weighted by Gasteiger charge is 1.84. The maximum Gasteiger partial charge on any atom is 0.0998 e. The molecule has 1 aromatic carbocycles. The van der Waals surface area contributed by atoms with Crippen molar-refractivity contribution in [3.63, 3.8) is 0 Å². The summed E-state index contributed by atoms with van der Waals surface area (Å²) in [5.41, 5.74) is 1.60. The first kappa shape index (κ1) is 5.66. The summed E-state index contributed by atoms with van der Waals surface area (Å²) in [6, 6.07) is 11.0. The van der Waals surface area contributed by atoms with Crippen LogP contribution in [-0.2, 0) is 0 Å². The van der Waals surface area contributed by atoms with Crippen molar-refractivity contribution in [3.05, 3.63) is 35.4 Å². The van der Waals surface area contributed by atoms with Gasteiger partial charge in [0.15, 0.2) is 0 Å². The Hall–Kier alpha value is -1.47. The van der Waals surface area contributed by atoms with E-state index in [-0.39, 0.29) is 0 Å². The second-order valence-corrected chi connectivity index (χ2v) is 1.81. The largest absolute Gasteiger partial charge is 0.192 e. The predicted octanol–water partition coefficient (Wildman–Crippen LogP) is 1.47. The van der Waals surface area contributed by atoms with Gasteiger partial charge in [-0.2, -0.15) is 5.26 Å². The molecule has 0 fully saturated rings. The Morgan fingerprint density at radius 1 is 1.67 bits per heavy atom. The molecule has 0 bridgehead atoms. The fraction of sp³-hybridized carbons (Fsp3) is 0.125. The minimum absolute atomic E-state index is 0.645. The van der Waals surface area contributed by atoms with Crippen LogP contribution in [0.3, 0.4) is 0 Å². The quantitative estimate of drug-likeness (QED) is 0.502. The maximum absolute atomic E-state index is 8.38. The molecule has 9 heavy (non-hydrogen) atoms. The Kier molecular flexibility index (Phi) is 1.38. The molecule has 0 heterocycles. The molecule has 0 saturated carbocycles. The number of rotatable bonds is 0. The summed E-state index contributed by atoms with van der Waals surface area (Å²) in [6.07, 6.45) is 0. The minimum atomic E-state index is 0.645. The first-order chi connectivity index (χ1) is 4.33. The molecule has 0 aromatic heterocycles. The Balaban J connectivity index is 3.12. The van der Waals surface area contributed by atoms with E-state index < -0.39 is 0 Å². The van der Waals surface area contributed by atoms with Crippen LogP contribution in [0.1, 0.15) is 11.1 Å². The molecule has 1 rings (SSSR count). The molecule has 0 spiro atoms. The van der Waals surface area contributed by atoms with Gasteiger partial charge in [0.1, 0.15) is 0 Å². The lowest BCUT2D eigenvalue weighted by Gasteiger charge is -1.82. The Morgan fingerprint density at radius 2 is 2.44 bits per heavy atom. The van der Waals surface area contributed by atoms with Crippen molar-refractivity contribution in [2.75, 3.05) is 0 Å². The lowest BCUT2D eigenvalue weighted by Crippen LogP contribution is -1.71. The Bertz CT molecular complexity index is 245. The van der Waals surface area contributed by atoms with Crippen molar-refractivity contribution in [1.29, 1.82) is 5.26 Å². The summed E-state index contributed by atoms with van der Waals surface area (Å²) in [6.45, 7) is 1.89. The van der Waals surface area contributed by atoms with Crippen LogP contribution in [0.5, 0.6) is 0 Å². The van der Waals surface area contributed by atoms with Gasteiger partial charge in [0.2, 0.25) is 0 Å². The smallest absolute Gasteiger partial charge is 0.0998 e. The van der Waals surface area contributed by atoms with Gasteiger partial charge in [-0.25, -0.2) is 0 Å². The average Bonchev–Trinajstić information content (AvgIpc) is 1.88. The Labute approximate surface area is 54.6 Å². The van der Waals surface area contributed by atoms with Crippen LogP contribution >= 0.6 is 0 Å². The first-order valence-electron chi connectivity index (χ1n) is 2.63. The molecule has 0 atom stereocenters. The van der Waals surface area contributed by atoms with E-state index in [1.807, 2.05) is 13.0 Å². The predicted molar refractivity (Wildman–Crippen MR) is 33.6 cm³/mol. The maximum atomic E-state index is 8.38. The lowest BCUT2D eigenvalue weighted by atomic mass is 10.2. The topological polar surface area (TPSA) is 23.8 Å². The SMILES string of the molecule is Cc1c#ccc(C#N)c1. The zero-order valence-corrected chi connectivity index (χ0v) is 5.10. The van der Waals surface area contributed by atoms with Gasteiger partial charge in [-0.15, -0.1) is 0 Å². The average molecular weight is 115 g/mol. The molecular formula is C8H5N. The summed E-state index contributed by atoms with van der Waals surface area (Å²) >= 11 is 0. The number of aryl methyl sites for hydroxylation is 1. The molecular weight excluding hydrogens is 110 g/mol. The normalized spacial score (nSPS) is 7.56. The first-order valence-corrected chi connectivity index (χ1v) is 2.63. The minimum Gasteiger partial charge on any atom is -0.192 e. The van der Waals surface area contributed by atoms with Gasteiger partial charge in [-0.3, -0.25) is 0 Å². The van der Waals surface area contributed by atoms with E-state index in [1.54, 1.807) is 12.1 Å². The van der Waals surface area contributed by atoms with Crippen LogP contribution in [0.25, 0.3) is 0 Å². The van der Waals surface area contributed by atoms with Crippen LogP contribution in [0.2, 0.25) is 0 Å². The van der Waals surface area contributed by atoms with Gasteiger partial charge in [-0.05, 0) is 13.0 Å². The highest BCUT2D eigenvalue weighted by molar-refractivity contribution is 5.28. The van der Waals surface area contributed by atoms with E-state index in [2.05, 4.69) is 12.1 Å². The van der Waals surface area contributed by atoms with E-state index in [0.717, 1.165) is 5.56 Å². The summed E-state index contributed by atoms with van der Waals surface area (Å²) in [7, 11) is 0. The van der Waals surface area contributed by atoms with Gasteiger partial charge in [-0.1, -0.05) is 12.1 Å². The third-order valence-electron chi connectivity index (χ3n) is 0.998. The second kappa shape index (κ2) is 2.20. The summed E-state index contributed by atoms with van der Waals surface area (Å²) in [5.74, 6) is 0. The van der Waals surface area contributed by atoms with Gasteiger partial charge in [0.05, 0.1) is 11.6 Å². The molecule has 0 amide bonds. The zero-order chi connectivity index (χ0) is 6.69. The molecule has 1 nitrogen and oxygen atoms in total. The Morgan fingerprint density at radius 3 is 2.89 bits per heavy atom. The fourth-order valence-corrected chi connectivity index (χ4v) is 0.603. The van der Waals surface area contributed by atoms with E-state index >= 15 is 0 Å². The summed E-state index contributed by atoms with van der Waals surface area (Å²) in [4.78, 5) is 0. The highest BCUT2D eigenvalue weighted by atomic mass is 14.2. The molecule has 42 valence electrons. The number of hydrogen-bond acceptors (Lipinski definition) is 1. The van der Waals surface area contributed by atoms with Gasteiger partial charge >= 0.3 is 0 Å². The van der Waals surface area contributed by atoms with Crippen molar-refractivity contribution in [3.8, 4) is 6.07 Å². The molecule has 0 aliphatic heterocycles. The van der Waals surface area contributed by atoms with Crippen LogP contribution < -0.4 is 0 Å². The fourth-order valence-electron chi connectivity index (χ4n) is 0.603. The molecule has 0 saturated heterocycles. The third-order valence-corrected chi connectivity index (χ3v) is 0.998. The molecule has 0 aliphatic rings. The molecule has 1 heteroatoms. The second-order valence-electron chi connectivity index (χ2n) is 1.81. The molecule has 1 aromatic rings. The molecule has 0 radical (unpaired) electrons. The van der Waals surface area contributed by atoms with Crippen molar-refractivity contribution < 1.29 is 0 Å². The number of hydrogen-bond donors (Lipinski definition) is 0. The van der Waals surface area contributed by atoms with E-state index in [1.165, 1.54) is 0 Å². The van der Waals surface area contributed by atoms with Crippen molar-refractivity contribution in [2.24, 2.45) is 0 Å². The van der Waals surface area contributed by atoms with Crippen molar-refractivity contribution in [1.82, 2.24) is 0 Å². The van der Waals surface area contributed by atoms with E-state index in [9.17, 15) is 0 Å². The van der Waals surface area contributed by atoms with Gasteiger partial charge in [0, 0.05) is 11.6 Å². The standard InChI is InChI=1S/C8H5N/c1-7-3-2-4-8(5-7)6-9/h4-5H,1H3. The summed E-state index contributed by atoms with van der Waals surface area (Å²) < 4.78 is 0. The molecule has 0 aliphatic carbocycles. The zero-order valence-electron chi connectivity index (χ0n) is 5.10.